The molecule has 0 spiro atoms. The van der Waals surface area contributed by atoms with Gasteiger partial charge in [-0.2, -0.15) is 0 Å². The number of hydrogen-bond donors (Lipinski definition) is 2. The van der Waals surface area contributed by atoms with Gasteiger partial charge in [0.1, 0.15) is 0 Å². The van der Waals surface area contributed by atoms with Crippen LogP contribution in [0, 0.1) is 6.92 Å². The number of aromatic nitrogens is 3. The molecule has 0 radical (unpaired) electrons. The Labute approximate surface area is 97.9 Å². The summed E-state index contributed by atoms with van der Waals surface area (Å²) < 4.78 is 3.91. The lowest BCUT2D eigenvalue weighted by atomic mass is 10.1. The van der Waals surface area contributed by atoms with Gasteiger partial charge in [0.25, 0.3) is 0 Å². The van der Waals surface area contributed by atoms with Crippen molar-refractivity contribution in [1.82, 2.24) is 20.0 Å². The molecule has 2 heterocycles. The summed E-state index contributed by atoms with van der Waals surface area (Å²) in [6.45, 7) is 1.94. The lowest BCUT2D eigenvalue weighted by molar-refractivity contribution is 0.556. The van der Waals surface area contributed by atoms with Crippen molar-refractivity contribution in [3.05, 3.63) is 40.7 Å². The molecule has 0 saturated heterocycles. The number of nitrogens with zero attached hydrogens (tertiary/aromatic N) is 3. The Kier molecular flexibility index (Phi) is 3.55. The van der Waals surface area contributed by atoms with Crippen molar-refractivity contribution < 1.29 is 0 Å². The van der Waals surface area contributed by atoms with Crippen molar-refractivity contribution in [2.75, 3.05) is 0 Å². The fraction of sp³-hybridized carbons (Fsp3) is 0.300. The Balaban J connectivity index is 2.16. The third-order valence-electron chi connectivity index (χ3n) is 2.37. The largest absolute Gasteiger partial charge is 0.271 e. The Morgan fingerprint density at radius 2 is 2.44 bits per heavy atom. The van der Waals surface area contributed by atoms with Gasteiger partial charge in [-0.15, -0.1) is 5.10 Å². The molecule has 0 bridgehead atoms. The highest BCUT2D eigenvalue weighted by atomic mass is 32.1. The smallest absolute Gasteiger partial charge is 0.0773 e. The van der Waals surface area contributed by atoms with Crippen LogP contribution in [0.4, 0.5) is 0 Å². The molecule has 6 heteroatoms. The first-order valence-corrected chi connectivity index (χ1v) is 5.72. The highest BCUT2D eigenvalue weighted by Gasteiger charge is 2.16. The van der Waals surface area contributed by atoms with Gasteiger partial charge in [0.05, 0.1) is 16.6 Å². The van der Waals surface area contributed by atoms with E-state index in [9.17, 15) is 0 Å². The molecule has 1 atom stereocenters. The summed E-state index contributed by atoms with van der Waals surface area (Å²) in [5.74, 6) is 5.56. The third kappa shape index (κ3) is 2.41. The van der Waals surface area contributed by atoms with E-state index in [0.717, 1.165) is 22.6 Å². The van der Waals surface area contributed by atoms with Crippen LogP contribution in [0.5, 0.6) is 0 Å². The maximum atomic E-state index is 5.56. The molecule has 84 valence electrons. The summed E-state index contributed by atoms with van der Waals surface area (Å²) in [6, 6.07) is 3.99. The summed E-state index contributed by atoms with van der Waals surface area (Å²) in [7, 11) is 0. The molecule has 2 rings (SSSR count). The normalized spacial score (nSPS) is 12.6. The van der Waals surface area contributed by atoms with Crippen LogP contribution in [-0.4, -0.2) is 14.6 Å². The molecule has 0 aliphatic carbocycles. The van der Waals surface area contributed by atoms with Crippen molar-refractivity contribution in [2.45, 2.75) is 19.4 Å². The average molecular weight is 235 g/mol. The predicted octanol–water partition coefficient (Wildman–Crippen LogP) is 0.989. The lowest BCUT2D eigenvalue weighted by Crippen LogP contribution is -2.29. The molecule has 2 aromatic heterocycles. The Morgan fingerprint density at radius 3 is 3.00 bits per heavy atom. The van der Waals surface area contributed by atoms with Crippen molar-refractivity contribution in [1.29, 1.82) is 0 Å². The van der Waals surface area contributed by atoms with E-state index >= 15 is 0 Å². The molecule has 0 aliphatic heterocycles. The van der Waals surface area contributed by atoms with Crippen LogP contribution < -0.4 is 11.3 Å². The molecule has 0 saturated carbocycles. The predicted molar refractivity (Wildman–Crippen MR) is 62.7 cm³/mol. The molecule has 0 fully saturated rings. The zero-order valence-electron chi connectivity index (χ0n) is 8.92. The van der Waals surface area contributed by atoms with Crippen LogP contribution in [0.3, 0.4) is 0 Å². The van der Waals surface area contributed by atoms with Gasteiger partial charge >= 0.3 is 0 Å². The first-order chi connectivity index (χ1) is 7.81. The van der Waals surface area contributed by atoms with Gasteiger partial charge in [-0.05, 0) is 36.5 Å². The van der Waals surface area contributed by atoms with Crippen molar-refractivity contribution in [3.63, 3.8) is 0 Å². The van der Waals surface area contributed by atoms with Gasteiger partial charge in [0, 0.05) is 12.4 Å². The Bertz CT molecular complexity index is 441. The third-order valence-corrected chi connectivity index (χ3v) is 3.31. The van der Waals surface area contributed by atoms with Gasteiger partial charge in [0.15, 0.2) is 0 Å². The van der Waals surface area contributed by atoms with E-state index in [-0.39, 0.29) is 6.04 Å². The minimum Gasteiger partial charge on any atom is -0.271 e. The summed E-state index contributed by atoms with van der Waals surface area (Å²) in [6.07, 6.45) is 4.39. The van der Waals surface area contributed by atoms with E-state index in [0.29, 0.717) is 0 Å². The topological polar surface area (TPSA) is 76.7 Å². The molecule has 0 aromatic carbocycles. The number of aryl methyl sites for hydroxylation is 1. The van der Waals surface area contributed by atoms with E-state index in [1.165, 1.54) is 11.5 Å². The first kappa shape index (κ1) is 11.1. The van der Waals surface area contributed by atoms with Crippen LogP contribution >= 0.6 is 11.5 Å². The monoisotopic (exact) mass is 235 g/mol. The second-order valence-electron chi connectivity index (χ2n) is 3.51. The molecule has 5 nitrogen and oxygen atoms in total. The van der Waals surface area contributed by atoms with Gasteiger partial charge in [-0.25, -0.2) is 0 Å². The molecule has 1 unspecified atom stereocenters. The number of rotatable bonds is 4. The Hall–Kier alpha value is -1.37. The fourth-order valence-electron chi connectivity index (χ4n) is 1.54. The molecule has 0 aliphatic rings. The Morgan fingerprint density at radius 1 is 1.56 bits per heavy atom. The number of nitrogens with two attached hydrogens (primary N) is 1. The van der Waals surface area contributed by atoms with Crippen molar-refractivity contribution in [2.24, 2.45) is 5.84 Å². The fourth-order valence-corrected chi connectivity index (χ4v) is 2.24. The SMILES string of the molecule is Cc1nnsc1C(Cc1cccnc1)NN. The summed E-state index contributed by atoms with van der Waals surface area (Å²) >= 11 is 1.38. The average Bonchev–Trinajstić information content (AvgIpc) is 2.74. The lowest BCUT2D eigenvalue weighted by Gasteiger charge is -2.13. The van der Waals surface area contributed by atoms with Gasteiger partial charge < -0.3 is 0 Å². The van der Waals surface area contributed by atoms with Crippen LogP contribution in [0.15, 0.2) is 24.5 Å². The van der Waals surface area contributed by atoms with Crippen LogP contribution in [-0.2, 0) is 6.42 Å². The van der Waals surface area contributed by atoms with E-state index in [2.05, 4.69) is 20.0 Å². The number of nitrogens with one attached hydrogen (secondary N) is 1. The van der Waals surface area contributed by atoms with E-state index in [4.69, 9.17) is 5.84 Å². The van der Waals surface area contributed by atoms with Crippen LogP contribution in [0.25, 0.3) is 0 Å². The minimum absolute atomic E-state index is 0.0456. The molecule has 2 aromatic rings. The summed E-state index contributed by atoms with van der Waals surface area (Å²) in [4.78, 5) is 5.15. The minimum atomic E-state index is 0.0456. The van der Waals surface area contributed by atoms with Gasteiger partial charge in [-0.1, -0.05) is 10.6 Å². The number of pyridine rings is 1. The molecule has 16 heavy (non-hydrogen) atoms. The van der Waals surface area contributed by atoms with E-state index in [1.54, 1.807) is 6.20 Å². The molecular weight excluding hydrogens is 222 g/mol. The van der Waals surface area contributed by atoms with Gasteiger partial charge in [0.2, 0.25) is 0 Å². The number of hydrogen-bond acceptors (Lipinski definition) is 6. The second-order valence-corrected chi connectivity index (χ2v) is 4.29. The maximum Gasteiger partial charge on any atom is 0.0773 e. The quantitative estimate of drug-likeness (QED) is 0.610. The zero-order chi connectivity index (χ0) is 11.4. The van der Waals surface area contributed by atoms with Crippen LogP contribution in [0.2, 0.25) is 0 Å². The van der Waals surface area contributed by atoms with Crippen LogP contribution in [0.1, 0.15) is 22.2 Å². The van der Waals surface area contributed by atoms with Crippen molar-refractivity contribution >= 4 is 11.5 Å². The number of hydrazine groups is 1. The highest BCUT2D eigenvalue weighted by Crippen LogP contribution is 2.22. The summed E-state index contributed by atoms with van der Waals surface area (Å²) in [5, 5.41) is 3.98. The molecular formula is C10H13N5S. The van der Waals surface area contributed by atoms with Gasteiger partial charge in [-0.3, -0.25) is 16.3 Å². The molecule has 3 N–H and O–H groups in total. The zero-order valence-corrected chi connectivity index (χ0v) is 9.74. The highest BCUT2D eigenvalue weighted by molar-refractivity contribution is 7.05. The maximum absolute atomic E-state index is 5.56. The summed E-state index contributed by atoms with van der Waals surface area (Å²) in [5.41, 5.74) is 4.86. The van der Waals surface area contributed by atoms with Crippen molar-refractivity contribution in [3.8, 4) is 0 Å². The first-order valence-electron chi connectivity index (χ1n) is 4.95. The van der Waals surface area contributed by atoms with E-state index in [1.807, 2.05) is 25.3 Å². The standard InChI is InChI=1S/C10H13N5S/c1-7-10(16-15-14-7)9(13-11)5-8-3-2-4-12-6-8/h2-4,6,9,13H,5,11H2,1H3. The second kappa shape index (κ2) is 5.11. The molecule has 0 amide bonds. The van der Waals surface area contributed by atoms with E-state index < -0.39 is 0 Å².